The van der Waals surface area contributed by atoms with Crippen molar-refractivity contribution in [2.75, 3.05) is 18.5 Å². The van der Waals surface area contributed by atoms with E-state index in [2.05, 4.69) is 147 Å². The van der Waals surface area contributed by atoms with Gasteiger partial charge in [-0.15, -0.1) is 0 Å². The fourth-order valence-electron chi connectivity index (χ4n) is 8.92. The Balaban J connectivity index is 1.36. The first-order valence-electron chi connectivity index (χ1n) is 17.7. The molecule has 2 atom stereocenters. The number of hydrogen-bond donors (Lipinski definition) is 0. The normalized spacial score (nSPS) is 23.5. The highest BCUT2D eigenvalue weighted by Crippen LogP contribution is 2.52. The molecule has 0 saturated heterocycles. The van der Waals surface area contributed by atoms with Crippen LogP contribution in [0, 0.1) is 5.92 Å². The highest BCUT2D eigenvalue weighted by Gasteiger charge is 2.48. The van der Waals surface area contributed by atoms with Gasteiger partial charge in [0.15, 0.2) is 5.71 Å². The molecule has 3 aliphatic rings. The number of hydrogen-bond acceptors (Lipinski definition) is 1. The second kappa shape index (κ2) is 13.4. The van der Waals surface area contributed by atoms with E-state index in [0.717, 1.165) is 25.3 Å². The van der Waals surface area contributed by atoms with Gasteiger partial charge in [-0.25, -0.2) is 0 Å². The number of fused-ring (bicyclic) bond motifs is 4. The minimum Gasteiger partial charge on any atom is -0.347 e. The standard InChI is InChI=1S/C44H47Cl2N2/c1-5-6-26-43(2)40(47(4)38-24-23-33-19-12-13-20-34(33)42(38)43)21-14-22-41-44(3,30-32-17-8-7-9-18-32)35-28-36(45)37(46)29-39(35)48(41)27-25-31-15-10-11-16-31/h5-9,12-14,17-24,28-29,31H,10-11,15-16,25-27,30H2,1-4H3/q+1. The largest absolute Gasteiger partial charge is 0.347 e. The molecule has 0 spiro atoms. The van der Waals surface area contributed by atoms with E-state index in [4.69, 9.17) is 23.2 Å². The average Bonchev–Trinajstić information content (AvgIpc) is 3.75. The van der Waals surface area contributed by atoms with Crippen molar-refractivity contribution in [3.63, 3.8) is 0 Å². The van der Waals surface area contributed by atoms with Gasteiger partial charge in [-0.3, -0.25) is 0 Å². The summed E-state index contributed by atoms with van der Waals surface area (Å²) in [4.78, 5) is 2.41. The molecule has 2 heterocycles. The highest BCUT2D eigenvalue weighted by molar-refractivity contribution is 6.42. The summed E-state index contributed by atoms with van der Waals surface area (Å²) >= 11 is 13.5. The summed E-state index contributed by atoms with van der Waals surface area (Å²) in [6.07, 6.45) is 20.0. The fourth-order valence-corrected chi connectivity index (χ4v) is 9.24. The van der Waals surface area contributed by atoms with E-state index in [0.29, 0.717) is 10.0 Å². The van der Waals surface area contributed by atoms with Crippen molar-refractivity contribution >= 4 is 51.1 Å². The molecular formula is C44H47Cl2N2+. The van der Waals surface area contributed by atoms with Crippen LogP contribution in [0.3, 0.4) is 0 Å². The number of nitrogens with zero attached hydrogens (tertiary/aromatic N) is 2. The fraction of sp³-hybridized carbons (Fsp3) is 0.341. The van der Waals surface area contributed by atoms with Gasteiger partial charge < -0.3 is 4.90 Å². The third kappa shape index (κ3) is 5.76. The second-order valence-electron chi connectivity index (χ2n) is 14.5. The van der Waals surface area contributed by atoms with Crippen LogP contribution < -0.4 is 4.90 Å². The van der Waals surface area contributed by atoms with Gasteiger partial charge in [0.05, 0.1) is 15.5 Å². The maximum absolute atomic E-state index is 6.77. The Bertz CT molecular complexity index is 1960. The van der Waals surface area contributed by atoms with E-state index in [1.165, 1.54) is 82.4 Å². The van der Waals surface area contributed by atoms with Crippen molar-refractivity contribution in [3.05, 3.63) is 142 Å². The molecule has 1 saturated carbocycles. The zero-order chi connectivity index (χ0) is 33.5. The Kier molecular flexibility index (Phi) is 9.18. The Morgan fingerprint density at radius 3 is 2.40 bits per heavy atom. The topological polar surface area (TPSA) is 6.25 Å². The summed E-state index contributed by atoms with van der Waals surface area (Å²) in [5.74, 6) is 0.789. The SMILES string of the molecule is CC=CCC1(C)C(=CC=CC2=[N+](CCC3CCCC3)c3cc(Cl)c(Cl)cc3C2(C)Cc2ccccc2)N(C)c2ccc3ccccc3c21. The molecule has 0 amide bonds. The number of rotatable bonds is 9. The summed E-state index contributed by atoms with van der Waals surface area (Å²) < 4.78 is 2.56. The van der Waals surface area contributed by atoms with Crippen LogP contribution in [0.25, 0.3) is 10.8 Å². The number of likely N-dealkylation sites (N-methyl/N-ethyl adjacent to an activating group) is 1. The van der Waals surface area contributed by atoms with Crippen LogP contribution in [0.4, 0.5) is 11.4 Å². The van der Waals surface area contributed by atoms with Crippen LogP contribution in [-0.2, 0) is 17.3 Å². The minimum absolute atomic E-state index is 0.165. The number of allylic oxidation sites excluding steroid dienone is 6. The molecule has 246 valence electrons. The number of halogens is 2. The van der Waals surface area contributed by atoms with Crippen molar-refractivity contribution in [1.82, 2.24) is 0 Å². The van der Waals surface area contributed by atoms with Crippen LogP contribution in [0.15, 0.2) is 115 Å². The highest BCUT2D eigenvalue weighted by atomic mass is 35.5. The summed E-state index contributed by atoms with van der Waals surface area (Å²) in [7, 11) is 2.23. The maximum Gasteiger partial charge on any atom is 0.211 e. The molecule has 1 fully saturated rings. The van der Waals surface area contributed by atoms with E-state index in [1.807, 2.05) is 0 Å². The Labute approximate surface area is 297 Å². The van der Waals surface area contributed by atoms with E-state index in [-0.39, 0.29) is 10.8 Å². The Hall–Kier alpha value is -3.59. The van der Waals surface area contributed by atoms with E-state index >= 15 is 0 Å². The van der Waals surface area contributed by atoms with E-state index in [1.54, 1.807) is 0 Å². The Morgan fingerprint density at radius 1 is 0.896 bits per heavy atom. The molecule has 4 heteroatoms. The van der Waals surface area contributed by atoms with Crippen molar-refractivity contribution in [2.45, 2.75) is 76.5 Å². The van der Waals surface area contributed by atoms with Gasteiger partial charge in [0.1, 0.15) is 6.54 Å². The van der Waals surface area contributed by atoms with Gasteiger partial charge in [-0.1, -0.05) is 128 Å². The minimum atomic E-state index is -0.273. The van der Waals surface area contributed by atoms with Crippen LogP contribution in [-0.4, -0.2) is 23.9 Å². The predicted octanol–water partition coefficient (Wildman–Crippen LogP) is 12.1. The maximum atomic E-state index is 6.77. The molecule has 0 bridgehead atoms. The number of benzene rings is 4. The van der Waals surface area contributed by atoms with Gasteiger partial charge >= 0.3 is 0 Å². The van der Waals surface area contributed by atoms with Gasteiger partial charge in [0, 0.05) is 48.0 Å². The molecule has 1 aliphatic carbocycles. The van der Waals surface area contributed by atoms with Gasteiger partial charge in [-0.05, 0) is 79.6 Å². The molecule has 0 aromatic heterocycles. The first-order chi connectivity index (χ1) is 23.2. The quantitative estimate of drug-likeness (QED) is 0.127. The molecule has 48 heavy (non-hydrogen) atoms. The van der Waals surface area contributed by atoms with Crippen molar-refractivity contribution < 1.29 is 4.58 Å². The molecule has 7 rings (SSSR count). The zero-order valence-corrected chi connectivity index (χ0v) is 30.3. The zero-order valence-electron chi connectivity index (χ0n) is 28.8. The second-order valence-corrected chi connectivity index (χ2v) is 15.3. The van der Waals surface area contributed by atoms with E-state index in [9.17, 15) is 0 Å². The van der Waals surface area contributed by atoms with Crippen molar-refractivity contribution in [2.24, 2.45) is 5.92 Å². The summed E-state index contributed by atoms with van der Waals surface area (Å²) in [6.45, 7) is 7.91. The van der Waals surface area contributed by atoms with Gasteiger partial charge in [0.25, 0.3) is 0 Å². The summed E-state index contributed by atoms with van der Waals surface area (Å²) in [6, 6.07) is 28.5. The van der Waals surface area contributed by atoms with Crippen LogP contribution >= 0.6 is 23.2 Å². The molecule has 4 aromatic carbocycles. The average molecular weight is 675 g/mol. The van der Waals surface area contributed by atoms with Crippen LogP contribution in [0.2, 0.25) is 10.0 Å². The lowest BCUT2D eigenvalue weighted by Crippen LogP contribution is -2.34. The first kappa shape index (κ1) is 32.9. The monoisotopic (exact) mass is 673 g/mol. The lowest BCUT2D eigenvalue weighted by atomic mass is 9.74. The lowest BCUT2D eigenvalue weighted by molar-refractivity contribution is -0.439. The summed E-state index contributed by atoms with van der Waals surface area (Å²) in [5.41, 5.74) is 8.66. The third-order valence-corrected chi connectivity index (χ3v) is 12.2. The molecule has 2 unspecified atom stereocenters. The smallest absolute Gasteiger partial charge is 0.211 e. The molecule has 2 aliphatic heterocycles. The van der Waals surface area contributed by atoms with Crippen molar-refractivity contribution in [1.29, 1.82) is 0 Å². The predicted molar refractivity (Wildman–Crippen MR) is 207 cm³/mol. The first-order valence-corrected chi connectivity index (χ1v) is 18.4. The van der Waals surface area contributed by atoms with Crippen LogP contribution in [0.1, 0.15) is 76.0 Å². The summed E-state index contributed by atoms with van der Waals surface area (Å²) in [5, 5.41) is 3.87. The van der Waals surface area contributed by atoms with Crippen molar-refractivity contribution in [3.8, 4) is 0 Å². The van der Waals surface area contributed by atoms with E-state index < -0.39 is 0 Å². The number of anilines is 1. The van der Waals surface area contributed by atoms with Gasteiger partial charge in [-0.2, -0.15) is 4.58 Å². The molecule has 0 radical (unpaired) electrons. The molecule has 0 N–H and O–H groups in total. The molecule has 4 aromatic rings. The lowest BCUT2D eigenvalue weighted by Gasteiger charge is -2.28. The van der Waals surface area contributed by atoms with Gasteiger partial charge in [0.2, 0.25) is 5.69 Å². The molecule has 2 nitrogen and oxygen atoms in total. The Morgan fingerprint density at radius 2 is 1.62 bits per heavy atom. The third-order valence-electron chi connectivity index (χ3n) is 11.4. The van der Waals surface area contributed by atoms with Crippen LogP contribution in [0.5, 0.6) is 0 Å². The molecular weight excluding hydrogens is 627 g/mol.